The summed E-state index contributed by atoms with van der Waals surface area (Å²) in [6, 6.07) is 19.3. The molecule has 0 saturated carbocycles. The monoisotopic (exact) mass is 405 g/mol. The van der Waals surface area contributed by atoms with Crippen molar-refractivity contribution < 1.29 is 4.74 Å². The third kappa shape index (κ3) is 4.01. The summed E-state index contributed by atoms with van der Waals surface area (Å²) in [7, 11) is 1.70. The Labute approximate surface area is 178 Å². The van der Waals surface area contributed by atoms with Gasteiger partial charge in [-0.3, -0.25) is 0 Å². The molecule has 150 valence electrons. The normalized spacial score (nSPS) is 14.2. The van der Waals surface area contributed by atoms with Crippen LogP contribution in [0.1, 0.15) is 11.1 Å². The first-order valence-corrected chi connectivity index (χ1v) is 10.4. The molecule has 0 unspecified atom stereocenters. The lowest BCUT2D eigenvalue weighted by atomic mass is 10.1. The average molecular weight is 406 g/mol. The van der Waals surface area contributed by atoms with Gasteiger partial charge in [-0.05, 0) is 60.8 Å². The van der Waals surface area contributed by atoms with Gasteiger partial charge in [0.15, 0.2) is 5.11 Å². The van der Waals surface area contributed by atoms with Gasteiger partial charge in [0.25, 0.3) is 0 Å². The molecule has 4 nitrogen and oxygen atoms in total. The predicted octanol–water partition coefficient (Wildman–Crippen LogP) is 4.98. The Morgan fingerprint density at radius 1 is 0.931 bits per heavy atom. The molecular formula is C24H27N3OS. The quantitative estimate of drug-likeness (QED) is 0.620. The molecule has 0 aromatic heterocycles. The van der Waals surface area contributed by atoms with Crippen LogP contribution < -0.4 is 15.0 Å². The van der Waals surface area contributed by atoms with Gasteiger partial charge in [0, 0.05) is 37.3 Å². The number of rotatable bonds is 3. The average Bonchev–Trinajstić information content (AvgIpc) is 2.75. The number of ether oxygens (including phenoxy) is 1. The van der Waals surface area contributed by atoms with Gasteiger partial charge in [0.2, 0.25) is 0 Å². The van der Waals surface area contributed by atoms with Gasteiger partial charge in [0.1, 0.15) is 5.75 Å². The maximum atomic E-state index is 5.71. The van der Waals surface area contributed by atoms with E-state index >= 15 is 0 Å². The van der Waals surface area contributed by atoms with E-state index in [9.17, 15) is 0 Å². The number of anilines is 2. The maximum Gasteiger partial charge on any atom is 0.173 e. The summed E-state index contributed by atoms with van der Waals surface area (Å²) in [5.74, 6) is 0.824. The number of piperazine rings is 1. The van der Waals surface area contributed by atoms with Gasteiger partial charge in [-0.1, -0.05) is 36.4 Å². The molecule has 0 amide bonds. The molecule has 0 aliphatic carbocycles. The highest BCUT2D eigenvalue weighted by molar-refractivity contribution is 7.80. The number of nitrogens with zero attached hydrogens (tertiary/aromatic N) is 2. The van der Waals surface area contributed by atoms with Crippen LogP contribution in [0.4, 0.5) is 11.4 Å². The molecule has 5 heteroatoms. The Balaban J connectivity index is 1.45. The molecule has 1 saturated heterocycles. The van der Waals surface area contributed by atoms with Crippen LogP contribution in [0.3, 0.4) is 0 Å². The molecule has 0 spiro atoms. The topological polar surface area (TPSA) is 27.7 Å². The fraction of sp³-hybridized carbons (Fsp3) is 0.292. The Morgan fingerprint density at radius 2 is 1.62 bits per heavy atom. The first-order chi connectivity index (χ1) is 14.1. The van der Waals surface area contributed by atoms with Crippen LogP contribution in [-0.4, -0.2) is 43.3 Å². The number of fused-ring (bicyclic) bond motifs is 1. The molecule has 1 fully saturated rings. The third-order valence-corrected chi connectivity index (χ3v) is 6.09. The first-order valence-electron chi connectivity index (χ1n) is 10.0. The van der Waals surface area contributed by atoms with E-state index in [4.69, 9.17) is 17.0 Å². The minimum Gasteiger partial charge on any atom is -0.495 e. The number of aryl methyl sites for hydroxylation is 2. The minimum absolute atomic E-state index is 0.754. The third-order valence-electron chi connectivity index (χ3n) is 5.73. The fourth-order valence-electron chi connectivity index (χ4n) is 3.89. The molecule has 1 heterocycles. The minimum atomic E-state index is 0.754. The van der Waals surface area contributed by atoms with Gasteiger partial charge < -0.3 is 19.9 Å². The largest absolute Gasteiger partial charge is 0.495 e. The summed E-state index contributed by atoms with van der Waals surface area (Å²) in [4.78, 5) is 4.70. The lowest BCUT2D eigenvalue weighted by Gasteiger charge is -2.38. The smallest absolute Gasteiger partial charge is 0.173 e. The molecule has 0 radical (unpaired) electrons. The Kier molecular flexibility index (Phi) is 5.58. The van der Waals surface area contributed by atoms with Crippen molar-refractivity contribution in [1.29, 1.82) is 0 Å². The van der Waals surface area contributed by atoms with Crippen LogP contribution in [-0.2, 0) is 0 Å². The summed E-state index contributed by atoms with van der Waals surface area (Å²) in [5, 5.41) is 6.74. The zero-order valence-electron chi connectivity index (χ0n) is 17.2. The van der Waals surface area contributed by atoms with Crippen LogP contribution in [0.2, 0.25) is 0 Å². The Bertz CT molecular complexity index is 1040. The maximum absolute atomic E-state index is 5.71. The van der Waals surface area contributed by atoms with E-state index in [2.05, 4.69) is 83.6 Å². The van der Waals surface area contributed by atoms with Crippen molar-refractivity contribution in [3.05, 3.63) is 65.7 Å². The van der Waals surface area contributed by atoms with E-state index < -0.39 is 0 Å². The fourth-order valence-corrected chi connectivity index (χ4v) is 4.18. The summed E-state index contributed by atoms with van der Waals surface area (Å²) in [6.07, 6.45) is 0. The molecular weight excluding hydrogens is 378 g/mol. The Morgan fingerprint density at radius 3 is 2.38 bits per heavy atom. The van der Waals surface area contributed by atoms with E-state index in [1.807, 2.05) is 0 Å². The number of nitrogens with one attached hydrogen (secondary N) is 1. The van der Waals surface area contributed by atoms with Gasteiger partial charge in [0.05, 0.1) is 12.8 Å². The van der Waals surface area contributed by atoms with Crippen molar-refractivity contribution in [2.75, 3.05) is 43.5 Å². The Hall–Kier alpha value is -2.79. The molecule has 1 aliphatic heterocycles. The van der Waals surface area contributed by atoms with Crippen molar-refractivity contribution in [2.24, 2.45) is 0 Å². The van der Waals surface area contributed by atoms with Crippen LogP contribution in [0, 0.1) is 13.8 Å². The lowest BCUT2D eigenvalue weighted by molar-refractivity contribution is 0.390. The van der Waals surface area contributed by atoms with Crippen molar-refractivity contribution in [2.45, 2.75) is 13.8 Å². The van der Waals surface area contributed by atoms with Crippen molar-refractivity contribution in [3.63, 3.8) is 0 Å². The highest BCUT2D eigenvalue weighted by Crippen LogP contribution is 2.29. The van der Waals surface area contributed by atoms with Crippen LogP contribution in [0.15, 0.2) is 54.6 Å². The number of hydrogen-bond donors (Lipinski definition) is 1. The molecule has 0 atom stereocenters. The second-order valence-electron chi connectivity index (χ2n) is 7.54. The highest BCUT2D eigenvalue weighted by atomic mass is 32.1. The van der Waals surface area contributed by atoms with Gasteiger partial charge in [-0.25, -0.2) is 0 Å². The molecule has 4 rings (SSSR count). The molecule has 3 aromatic rings. The van der Waals surface area contributed by atoms with Crippen LogP contribution >= 0.6 is 12.2 Å². The summed E-state index contributed by atoms with van der Waals surface area (Å²) in [6.45, 7) is 7.86. The van der Waals surface area contributed by atoms with E-state index in [0.29, 0.717) is 0 Å². The van der Waals surface area contributed by atoms with E-state index in [1.54, 1.807) is 7.11 Å². The van der Waals surface area contributed by atoms with Crippen molar-refractivity contribution >= 4 is 39.5 Å². The molecule has 1 aliphatic rings. The van der Waals surface area contributed by atoms with E-state index in [-0.39, 0.29) is 0 Å². The number of hydrogen-bond acceptors (Lipinski definition) is 3. The van der Waals surface area contributed by atoms with Crippen molar-refractivity contribution in [3.8, 4) is 5.75 Å². The lowest BCUT2D eigenvalue weighted by Crippen LogP contribution is -2.50. The second kappa shape index (κ2) is 8.29. The van der Waals surface area contributed by atoms with Gasteiger partial charge >= 0.3 is 0 Å². The molecule has 1 N–H and O–H groups in total. The van der Waals surface area contributed by atoms with Gasteiger partial charge in [-0.2, -0.15) is 0 Å². The number of methoxy groups -OCH3 is 1. The van der Waals surface area contributed by atoms with Crippen LogP contribution in [0.25, 0.3) is 10.8 Å². The first kappa shape index (κ1) is 19.5. The van der Waals surface area contributed by atoms with E-state index in [0.717, 1.165) is 42.7 Å². The second-order valence-corrected chi connectivity index (χ2v) is 7.93. The van der Waals surface area contributed by atoms with Gasteiger partial charge in [-0.15, -0.1) is 0 Å². The number of benzene rings is 3. The van der Waals surface area contributed by atoms with Crippen LogP contribution in [0.5, 0.6) is 5.75 Å². The summed E-state index contributed by atoms with van der Waals surface area (Å²) < 4.78 is 5.54. The highest BCUT2D eigenvalue weighted by Gasteiger charge is 2.21. The number of thiocarbonyl (C=S) groups is 1. The standard InChI is InChI=1S/C24H27N3OS/c1-17-15-21(23(28-3)16-18(17)2)25-24(29)27-13-11-26(12-14-27)22-10-6-8-19-7-4-5-9-20(19)22/h4-10,15-16H,11-14H2,1-3H3,(H,25,29). The molecule has 0 bridgehead atoms. The molecule has 29 heavy (non-hydrogen) atoms. The van der Waals surface area contributed by atoms with E-state index in [1.165, 1.54) is 27.6 Å². The SMILES string of the molecule is COc1cc(C)c(C)cc1NC(=S)N1CCN(c2cccc3ccccc23)CC1. The summed E-state index contributed by atoms with van der Waals surface area (Å²) >= 11 is 5.71. The zero-order valence-corrected chi connectivity index (χ0v) is 18.1. The van der Waals surface area contributed by atoms with Crippen molar-refractivity contribution in [1.82, 2.24) is 4.90 Å². The zero-order chi connectivity index (χ0) is 20.4. The summed E-state index contributed by atoms with van der Waals surface area (Å²) in [5.41, 5.74) is 4.66. The predicted molar refractivity (Wildman–Crippen MR) is 126 cm³/mol. The molecule has 3 aromatic carbocycles.